The molecule has 0 rings (SSSR count). The molecule has 0 heterocycles. The molecule has 5 heteroatoms. The van der Waals surface area contributed by atoms with Crippen LogP contribution in [0.2, 0.25) is 0 Å². The summed E-state index contributed by atoms with van der Waals surface area (Å²) in [5.74, 6) is -0.147. The van der Waals surface area contributed by atoms with Crippen LogP contribution in [0.4, 0.5) is 0 Å². The molecule has 0 aromatic rings. The summed E-state index contributed by atoms with van der Waals surface area (Å²) in [6.45, 7) is 4.21. The molecule has 0 bridgehead atoms. The number of allylic oxidation sites excluding steroid dienone is 2. The second kappa shape index (κ2) is 51.7. The minimum atomic E-state index is -1.16. The van der Waals surface area contributed by atoms with Crippen molar-refractivity contribution in [3.8, 4) is 0 Å². The average molecular weight is 863 g/mol. The first-order valence-corrected chi connectivity index (χ1v) is 28.0. The molecule has 0 aliphatic heterocycles. The van der Waals surface area contributed by atoms with E-state index in [0.717, 1.165) is 38.5 Å². The van der Waals surface area contributed by atoms with Crippen molar-refractivity contribution in [2.75, 3.05) is 6.61 Å². The lowest BCUT2D eigenvalue weighted by molar-refractivity contribution is -0.124. The van der Waals surface area contributed by atoms with Crippen molar-refractivity contribution in [2.24, 2.45) is 0 Å². The number of hydrogen-bond acceptors (Lipinski definition) is 4. The molecular formula is C56H111NO4. The highest BCUT2D eigenvalue weighted by Crippen LogP contribution is 2.18. The molecule has 0 fully saturated rings. The van der Waals surface area contributed by atoms with Crippen LogP contribution >= 0.6 is 0 Å². The molecule has 0 saturated carbocycles. The maximum atomic E-state index is 12.5. The standard InChI is InChI=1S/C56H111NO4/c1-3-5-7-9-11-13-15-17-19-21-23-25-27-28-29-31-33-35-37-39-41-43-45-47-49-51-55(60)57-53(52-58)56(61)54(59)50-48-46-44-42-40-38-36-34-32-30-26-24-22-20-18-16-14-12-10-8-6-4-2/h42,44,53-54,56,58-59,61H,3-41,43,45-52H2,1-2H3,(H,57,60)/b44-42+. The zero-order chi connectivity index (χ0) is 44.4. The second-order valence-corrected chi connectivity index (χ2v) is 19.5. The number of aliphatic hydroxyl groups is 3. The Bertz CT molecular complexity index is 864. The zero-order valence-electron chi connectivity index (χ0n) is 41.6. The summed E-state index contributed by atoms with van der Waals surface area (Å²) in [5.41, 5.74) is 0. The third kappa shape index (κ3) is 46.9. The summed E-state index contributed by atoms with van der Waals surface area (Å²) in [5, 5.41) is 33.7. The normalized spacial score (nSPS) is 13.3. The number of unbranched alkanes of at least 4 members (excludes halogenated alkanes) is 42. The van der Waals surface area contributed by atoms with Crippen molar-refractivity contribution in [2.45, 2.75) is 334 Å². The molecule has 4 N–H and O–H groups in total. The van der Waals surface area contributed by atoms with E-state index in [9.17, 15) is 20.1 Å². The van der Waals surface area contributed by atoms with Crippen LogP contribution in [0.3, 0.4) is 0 Å². The fourth-order valence-electron chi connectivity index (χ4n) is 9.05. The minimum absolute atomic E-state index is 0.147. The molecular weight excluding hydrogens is 751 g/mol. The molecule has 0 saturated heterocycles. The Balaban J connectivity index is 3.54. The van der Waals surface area contributed by atoms with E-state index in [1.165, 1.54) is 250 Å². The van der Waals surface area contributed by atoms with E-state index in [1.807, 2.05) is 0 Å². The van der Waals surface area contributed by atoms with Crippen molar-refractivity contribution in [3.05, 3.63) is 12.2 Å². The van der Waals surface area contributed by atoms with E-state index in [-0.39, 0.29) is 12.5 Å². The monoisotopic (exact) mass is 862 g/mol. The Morgan fingerprint density at radius 3 is 0.951 bits per heavy atom. The topological polar surface area (TPSA) is 89.8 Å². The number of carbonyl (C=O) groups is 1. The first kappa shape index (κ1) is 60.1. The van der Waals surface area contributed by atoms with Gasteiger partial charge in [0.1, 0.15) is 6.10 Å². The first-order valence-electron chi connectivity index (χ1n) is 28.0. The average Bonchev–Trinajstić information content (AvgIpc) is 3.26. The summed E-state index contributed by atoms with van der Waals surface area (Å²) in [7, 11) is 0. The summed E-state index contributed by atoms with van der Waals surface area (Å²) < 4.78 is 0. The molecule has 0 aliphatic rings. The molecule has 0 aliphatic carbocycles. The fourth-order valence-corrected chi connectivity index (χ4v) is 9.05. The van der Waals surface area contributed by atoms with Gasteiger partial charge in [-0.25, -0.2) is 0 Å². The molecule has 0 aromatic carbocycles. The Labute approximate surface area is 382 Å². The van der Waals surface area contributed by atoms with E-state index in [2.05, 4.69) is 31.3 Å². The van der Waals surface area contributed by atoms with Gasteiger partial charge < -0.3 is 20.6 Å². The molecule has 3 atom stereocenters. The second-order valence-electron chi connectivity index (χ2n) is 19.5. The van der Waals surface area contributed by atoms with Crippen molar-refractivity contribution in [1.82, 2.24) is 5.32 Å². The lowest BCUT2D eigenvalue weighted by atomic mass is 10.0. The first-order chi connectivity index (χ1) is 30.1. The van der Waals surface area contributed by atoms with Gasteiger partial charge in [-0.3, -0.25) is 4.79 Å². The zero-order valence-corrected chi connectivity index (χ0v) is 41.6. The molecule has 5 nitrogen and oxygen atoms in total. The van der Waals surface area contributed by atoms with Gasteiger partial charge in [0.2, 0.25) is 5.91 Å². The predicted molar refractivity (Wildman–Crippen MR) is 269 cm³/mol. The smallest absolute Gasteiger partial charge is 0.220 e. The van der Waals surface area contributed by atoms with E-state index < -0.39 is 18.2 Å². The SMILES string of the molecule is CCCCCCCCCCCCCCCCCCC/C=C/CCCC(O)C(O)C(CO)NC(=O)CCCCCCCCCCCCCCCCCCCCCCCCCCC. The Hall–Kier alpha value is -0.910. The predicted octanol–water partition coefficient (Wildman–Crippen LogP) is 17.1. The van der Waals surface area contributed by atoms with Crippen LogP contribution in [-0.2, 0) is 4.79 Å². The van der Waals surface area contributed by atoms with Crippen LogP contribution in [0.5, 0.6) is 0 Å². The van der Waals surface area contributed by atoms with Gasteiger partial charge in [0, 0.05) is 6.42 Å². The van der Waals surface area contributed by atoms with Gasteiger partial charge in [0.05, 0.1) is 18.8 Å². The molecule has 0 aromatic heterocycles. The van der Waals surface area contributed by atoms with E-state index in [1.54, 1.807) is 0 Å². The number of rotatable bonds is 52. The van der Waals surface area contributed by atoms with Gasteiger partial charge in [-0.2, -0.15) is 0 Å². The molecule has 364 valence electrons. The summed E-state index contributed by atoms with van der Waals surface area (Å²) in [6, 6.07) is -0.822. The third-order valence-corrected chi connectivity index (χ3v) is 13.4. The highest BCUT2D eigenvalue weighted by Gasteiger charge is 2.26. The maximum absolute atomic E-state index is 12.5. The van der Waals surface area contributed by atoms with Crippen molar-refractivity contribution in [1.29, 1.82) is 0 Å². The van der Waals surface area contributed by atoms with Gasteiger partial charge in [-0.05, 0) is 38.5 Å². The van der Waals surface area contributed by atoms with Gasteiger partial charge in [-0.1, -0.05) is 283 Å². The molecule has 3 unspecified atom stereocenters. The van der Waals surface area contributed by atoms with Crippen LogP contribution in [0.1, 0.15) is 316 Å². The van der Waals surface area contributed by atoms with E-state index >= 15 is 0 Å². The molecule has 1 amide bonds. The maximum Gasteiger partial charge on any atom is 0.220 e. The Kier molecular flexibility index (Phi) is 51.0. The van der Waals surface area contributed by atoms with Crippen molar-refractivity contribution >= 4 is 5.91 Å². The molecule has 0 spiro atoms. The quantitative estimate of drug-likeness (QED) is 0.0362. The summed E-state index contributed by atoms with van der Waals surface area (Å²) in [6.07, 6.45) is 63.7. The van der Waals surface area contributed by atoms with E-state index in [4.69, 9.17) is 0 Å². The van der Waals surface area contributed by atoms with Crippen LogP contribution in [0, 0.1) is 0 Å². The Morgan fingerprint density at radius 2 is 0.656 bits per heavy atom. The van der Waals surface area contributed by atoms with Crippen LogP contribution in [-0.4, -0.2) is 46.1 Å². The van der Waals surface area contributed by atoms with Gasteiger partial charge in [-0.15, -0.1) is 0 Å². The van der Waals surface area contributed by atoms with Crippen LogP contribution < -0.4 is 5.32 Å². The van der Waals surface area contributed by atoms with Gasteiger partial charge in [0.25, 0.3) is 0 Å². The van der Waals surface area contributed by atoms with E-state index in [0.29, 0.717) is 12.8 Å². The Morgan fingerprint density at radius 1 is 0.393 bits per heavy atom. The van der Waals surface area contributed by atoms with Crippen LogP contribution in [0.15, 0.2) is 12.2 Å². The molecule has 0 radical (unpaired) electrons. The number of nitrogens with one attached hydrogen (secondary N) is 1. The third-order valence-electron chi connectivity index (χ3n) is 13.4. The number of carbonyl (C=O) groups excluding carboxylic acids is 1. The van der Waals surface area contributed by atoms with Gasteiger partial charge in [0.15, 0.2) is 0 Å². The lowest BCUT2D eigenvalue weighted by Crippen LogP contribution is -2.50. The highest BCUT2D eigenvalue weighted by atomic mass is 16.3. The fraction of sp³-hybridized carbons (Fsp3) is 0.946. The summed E-state index contributed by atoms with van der Waals surface area (Å²) >= 11 is 0. The highest BCUT2D eigenvalue weighted by molar-refractivity contribution is 5.76. The molecule has 61 heavy (non-hydrogen) atoms. The minimum Gasteiger partial charge on any atom is -0.394 e. The largest absolute Gasteiger partial charge is 0.394 e. The number of amides is 1. The van der Waals surface area contributed by atoms with Crippen molar-refractivity contribution in [3.63, 3.8) is 0 Å². The number of aliphatic hydroxyl groups excluding tert-OH is 3. The summed E-state index contributed by atoms with van der Waals surface area (Å²) in [4.78, 5) is 12.5. The number of hydrogen-bond donors (Lipinski definition) is 4. The lowest BCUT2D eigenvalue weighted by Gasteiger charge is -2.26. The van der Waals surface area contributed by atoms with Crippen LogP contribution in [0.25, 0.3) is 0 Å². The van der Waals surface area contributed by atoms with Gasteiger partial charge >= 0.3 is 0 Å². The van der Waals surface area contributed by atoms with Crippen molar-refractivity contribution < 1.29 is 20.1 Å².